The van der Waals surface area contributed by atoms with Gasteiger partial charge in [-0.15, -0.1) is 0 Å². The molecule has 72 heavy (non-hydrogen) atoms. The fraction of sp³-hybridized carbons (Fsp3) is 0.833. The number of unbranched alkanes of at least 4 members (excludes halogenated alkanes) is 39. The molecule has 6 nitrogen and oxygen atoms in total. The van der Waals surface area contributed by atoms with Crippen LogP contribution in [0.4, 0.5) is 0 Å². The number of carbonyl (C=O) groups is 3. The van der Waals surface area contributed by atoms with E-state index < -0.39 is 6.10 Å². The van der Waals surface area contributed by atoms with Gasteiger partial charge < -0.3 is 14.2 Å². The van der Waals surface area contributed by atoms with Gasteiger partial charge in [-0.2, -0.15) is 0 Å². The van der Waals surface area contributed by atoms with Crippen molar-refractivity contribution in [2.24, 2.45) is 0 Å². The van der Waals surface area contributed by atoms with Gasteiger partial charge in [0.15, 0.2) is 6.10 Å². The van der Waals surface area contributed by atoms with Crippen LogP contribution in [-0.2, 0) is 28.6 Å². The van der Waals surface area contributed by atoms with Gasteiger partial charge in [-0.3, -0.25) is 14.4 Å². The lowest BCUT2D eigenvalue weighted by Crippen LogP contribution is -2.30. The second kappa shape index (κ2) is 60.9. The molecule has 420 valence electrons. The minimum Gasteiger partial charge on any atom is -0.462 e. The molecule has 0 amide bonds. The molecule has 1 unspecified atom stereocenters. The zero-order valence-electron chi connectivity index (χ0n) is 48.2. The first-order valence-electron chi connectivity index (χ1n) is 31.6. The molecular weight excluding hydrogens is 889 g/mol. The summed E-state index contributed by atoms with van der Waals surface area (Å²) in [5.41, 5.74) is 0. The first-order chi connectivity index (χ1) is 35.5. The minimum absolute atomic E-state index is 0.0783. The second-order valence-electron chi connectivity index (χ2n) is 21.3. The van der Waals surface area contributed by atoms with E-state index in [0.717, 1.165) is 96.3 Å². The fourth-order valence-corrected chi connectivity index (χ4v) is 9.38. The summed E-state index contributed by atoms with van der Waals surface area (Å²) in [6.07, 6.45) is 75.4. The second-order valence-corrected chi connectivity index (χ2v) is 21.3. The molecule has 0 bridgehead atoms. The van der Waals surface area contributed by atoms with Crippen LogP contribution in [0.3, 0.4) is 0 Å². The van der Waals surface area contributed by atoms with Crippen molar-refractivity contribution in [2.45, 2.75) is 341 Å². The van der Waals surface area contributed by atoms with Crippen molar-refractivity contribution in [1.82, 2.24) is 0 Å². The molecule has 0 aliphatic rings. The monoisotopic (exact) mass is 1010 g/mol. The van der Waals surface area contributed by atoms with E-state index in [4.69, 9.17) is 14.2 Å². The number of rotatable bonds is 58. The molecule has 0 spiro atoms. The Balaban J connectivity index is 4.35. The lowest BCUT2D eigenvalue weighted by Gasteiger charge is -2.18. The molecule has 0 heterocycles. The van der Waals surface area contributed by atoms with E-state index in [-0.39, 0.29) is 31.1 Å². The summed E-state index contributed by atoms with van der Waals surface area (Å²) in [5.74, 6) is -0.879. The molecule has 0 fully saturated rings. The summed E-state index contributed by atoms with van der Waals surface area (Å²) in [4.78, 5) is 38.3. The van der Waals surface area contributed by atoms with Crippen LogP contribution in [-0.4, -0.2) is 37.2 Å². The molecule has 6 heteroatoms. The predicted octanol–water partition coefficient (Wildman–Crippen LogP) is 21.4. The Morgan fingerprint density at radius 2 is 0.542 bits per heavy atom. The molecule has 0 aromatic rings. The number of ether oxygens (including phenoxy) is 3. The maximum absolute atomic E-state index is 12.9. The first kappa shape index (κ1) is 69.4. The molecule has 0 saturated heterocycles. The molecule has 0 aliphatic carbocycles. The standard InChI is InChI=1S/C66H120O6/c1-4-7-10-13-16-19-22-25-28-31-32-33-36-38-41-44-47-50-53-56-59-65(68)71-62-63(72-66(69)60-57-54-51-48-45-42-39-35-30-27-24-21-18-15-12-9-6-3)61-70-64(67)58-55-52-49-46-43-40-37-34-29-26-23-20-17-14-11-8-5-2/h9,12,18,21,27,30,39,42,63H,4-8,10-11,13-17,19-20,22-26,28-29,31-38,40-41,43-62H2,1-3H3/b12-9-,21-18-,30-27-,42-39-. The van der Waals surface area contributed by atoms with Crippen LogP contribution in [0, 0.1) is 0 Å². The van der Waals surface area contributed by atoms with E-state index in [2.05, 4.69) is 69.4 Å². The van der Waals surface area contributed by atoms with Crippen molar-refractivity contribution in [1.29, 1.82) is 0 Å². The molecule has 0 aromatic carbocycles. The van der Waals surface area contributed by atoms with Gasteiger partial charge in [0.2, 0.25) is 0 Å². The highest BCUT2D eigenvalue weighted by Crippen LogP contribution is 2.18. The van der Waals surface area contributed by atoms with Crippen molar-refractivity contribution in [3.05, 3.63) is 48.6 Å². The van der Waals surface area contributed by atoms with Crippen LogP contribution in [0.5, 0.6) is 0 Å². The van der Waals surface area contributed by atoms with Crippen molar-refractivity contribution < 1.29 is 28.6 Å². The zero-order chi connectivity index (χ0) is 52.2. The third-order valence-electron chi connectivity index (χ3n) is 14.1. The summed E-state index contributed by atoms with van der Waals surface area (Å²) in [5, 5.41) is 0. The largest absolute Gasteiger partial charge is 0.462 e. The van der Waals surface area contributed by atoms with Crippen LogP contribution in [0.2, 0.25) is 0 Å². The topological polar surface area (TPSA) is 78.9 Å². The maximum atomic E-state index is 12.9. The Morgan fingerprint density at radius 1 is 0.292 bits per heavy atom. The average molecular weight is 1010 g/mol. The predicted molar refractivity (Wildman–Crippen MR) is 312 cm³/mol. The van der Waals surface area contributed by atoms with E-state index in [1.54, 1.807) is 0 Å². The quantitative estimate of drug-likeness (QED) is 0.0261. The molecular formula is C66H120O6. The third kappa shape index (κ3) is 58.3. The van der Waals surface area contributed by atoms with E-state index >= 15 is 0 Å². The number of esters is 3. The van der Waals surface area contributed by atoms with Crippen molar-refractivity contribution in [3.8, 4) is 0 Å². The molecule has 0 rings (SSSR count). The molecule has 0 aromatic heterocycles. The molecule has 1 atom stereocenters. The third-order valence-corrected chi connectivity index (χ3v) is 14.1. The number of allylic oxidation sites excluding steroid dienone is 8. The van der Waals surface area contributed by atoms with E-state index in [0.29, 0.717) is 19.3 Å². The first-order valence-corrected chi connectivity index (χ1v) is 31.6. The normalized spacial score (nSPS) is 12.3. The Hall–Kier alpha value is -2.63. The Labute approximate surface area is 448 Å². The van der Waals surface area contributed by atoms with Gasteiger partial charge >= 0.3 is 17.9 Å². The van der Waals surface area contributed by atoms with Crippen LogP contribution < -0.4 is 0 Å². The Bertz CT molecular complexity index is 1250. The zero-order valence-corrected chi connectivity index (χ0v) is 48.2. The molecule has 0 aliphatic heterocycles. The molecule has 0 radical (unpaired) electrons. The van der Waals surface area contributed by atoms with E-state index in [1.165, 1.54) is 199 Å². The lowest BCUT2D eigenvalue weighted by atomic mass is 10.0. The average Bonchev–Trinajstić information content (AvgIpc) is 3.38. The van der Waals surface area contributed by atoms with Crippen molar-refractivity contribution >= 4 is 17.9 Å². The van der Waals surface area contributed by atoms with Crippen molar-refractivity contribution in [3.63, 3.8) is 0 Å². The highest BCUT2D eigenvalue weighted by molar-refractivity contribution is 5.71. The van der Waals surface area contributed by atoms with Gasteiger partial charge in [0.1, 0.15) is 13.2 Å². The molecule has 0 N–H and O–H groups in total. The smallest absolute Gasteiger partial charge is 0.306 e. The van der Waals surface area contributed by atoms with Gasteiger partial charge in [-0.1, -0.05) is 307 Å². The molecule has 0 saturated carbocycles. The van der Waals surface area contributed by atoms with E-state index in [9.17, 15) is 14.4 Å². The SMILES string of the molecule is CC/C=C\C/C=C\C/C=C\C/C=C\CCCCCCC(=O)OC(COC(=O)CCCCCCCCCCCCCCCCCCC)COC(=O)CCCCCCCCCCCCCCCCCCCCCC. The number of hydrogen-bond donors (Lipinski definition) is 0. The maximum Gasteiger partial charge on any atom is 0.306 e. The van der Waals surface area contributed by atoms with Gasteiger partial charge in [0.05, 0.1) is 0 Å². The number of carbonyl (C=O) groups excluding carboxylic acids is 3. The van der Waals surface area contributed by atoms with Crippen LogP contribution in [0.1, 0.15) is 335 Å². The van der Waals surface area contributed by atoms with Gasteiger partial charge in [-0.25, -0.2) is 0 Å². The van der Waals surface area contributed by atoms with Crippen LogP contribution >= 0.6 is 0 Å². The van der Waals surface area contributed by atoms with E-state index in [1.807, 2.05) is 0 Å². The minimum atomic E-state index is -0.783. The van der Waals surface area contributed by atoms with Gasteiger partial charge in [-0.05, 0) is 57.8 Å². The van der Waals surface area contributed by atoms with Gasteiger partial charge in [0, 0.05) is 19.3 Å². The summed E-state index contributed by atoms with van der Waals surface area (Å²) in [6, 6.07) is 0. The lowest BCUT2D eigenvalue weighted by molar-refractivity contribution is -0.167. The van der Waals surface area contributed by atoms with Crippen molar-refractivity contribution in [2.75, 3.05) is 13.2 Å². The Morgan fingerprint density at radius 3 is 0.847 bits per heavy atom. The summed E-state index contributed by atoms with van der Waals surface area (Å²) >= 11 is 0. The highest BCUT2D eigenvalue weighted by Gasteiger charge is 2.19. The Kier molecular flexibility index (Phi) is 58.7. The van der Waals surface area contributed by atoms with Crippen LogP contribution in [0.15, 0.2) is 48.6 Å². The van der Waals surface area contributed by atoms with Gasteiger partial charge in [0.25, 0.3) is 0 Å². The summed E-state index contributed by atoms with van der Waals surface area (Å²) in [6.45, 7) is 6.57. The highest BCUT2D eigenvalue weighted by atomic mass is 16.6. The van der Waals surface area contributed by atoms with Crippen LogP contribution in [0.25, 0.3) is 0 Å². The fourth-order valence-electron chi connectivity index (χ4n) is 9.38. The summed E-state index contributed by atoms with van der Waals surface area (Å²) in [7, 11) is 0. The summed E-state index contributed by atoms with van der Waals surface area (Å²) < 4.78 is 16.9. The number of hydrogen-bond acceptors (Lipinski definition) is 6.